The van der Waals surface area contributed by atoms with Crippen molar-refractivity contribution in [2.75, 3.05) is 18.0 Å². The second-order valence-electron chi connectivity index (χ2n) is 5.39. The highest BCUT2D eigenvalue weighted by atomic mass is 35.5. The number of aromatic nitrogens is 1. The van der Waals surface area contributed by atoms with Crippen molar-refractivity contribution in [1.29, 1.82) is 0 Å². The van der Waals surface area contributed by atoms with Gasteiger partial charge in [0.25, 0.3) is 0 Å². The molecule has 0 spiro atoms. The highest BCUT2D eigenvalue weighted by Gasteiger charge is 2.27. The van der Waals surface area contributed by atoms with Crippen LogP contribution in [0.5, 0.6) is 0 Å². The molecule has 1 aliphatic rings. The van der Waals surface area contributed by atoms with Gasteiger partial charge in [0.1, 0.15) is 0 Å². The minimum atomic E-state index is -0.262. The number of pyridine rings is 1. The quantitative estimate of drug-likeness (QED) is 0.752. The number of anilines is 1. The first-order valence-electron chi connectivity index (χ1n) is 5.98. The van der Waals surface area contributed by atoms with E-state index in [4.69, 9.17) is 11.6 Å². The molecule has 0 aromatic carbocycles. The van der Waals surface area contributed by atoms with Crippen LogP contribution in [0.4, 0.5) is 10.2 Å². The first kappa shape index (κ1) is 12.6. The van der Waals surface area contributed by atoms with Crippen molar-refractivity contribution in [1.82, 2.24) is 4.98 Å². The number of halogens is 2. The zero-order valence-corrected chi connectivity index (χ0v) is 11.1. The smallest absolute Gasteiger partial charge is 0.170 e. The number of hydrogen-bond donors (Lipinski definition) is 0. The summed E-state index contributed by atoms with van der Waals surface area (Å²) in [6, 6.07) is 1.64. The summed E-state index contributed by atoms with van der Waals surface area (Å²) < 4.78 is 14.1. The molecule has 0 N–H and O–H groups in total. The van der Waals surface area contributed by atoms with Crippen LogP contribution in [-0.2, 0) is 5.88 Å². The molecular formula is C13H18ClFN2. The summed E-state index contributed by atoms with van der Waals surface area (Å²) in [5.74, 6) is 0.390. The van der Waals surface area contributed by atoms with Gasteiger partial charge in [0.05, 0.1) is 5.88 Å². The van der Waals surface area contributed by atoms with E-state index in [1.54, 1.807) is 12.3 Å². The molecule has 4 heteroatoms. The number of rotatable bonds is 2. The van der Waals surface area contributed by atoms with Gasteiger partial charge in [0.2, 0.25) is 0 Å². The third-order valence-electron chi connectivity index (χ3n) is 3.51. The topological polar surface area (TPSA) is 16.1 Å². The van der Waals surface area contributed by atoms with E-state index >= 15 is 0 Å². The average Bonchev–Trinajstić information content (AvgIpc) is 2.30. The van der Waals surface area contributed by atoms with E-state index in [1.165, 1.54) is 0 Å². The summed E-state index contributed by atoms with van der Waals surface area (Å²) in [7, 11) is 0. The van der Waals surface area contributed by atoms with E-state index in [1.807, 2.05) is 4.90 Å². The molecule has 1 fully saturated rings. The Morgan fingerprint density at radius 3 is 2.65 bits per heavy atom. The molecule has 0 bridgehead atoms. The molecule has 0 amide bonds. The van der Waals surface area contributed by atoms with Crippen molar-refractivity contribution < 1.29 is 4.39 Å². The lowest BCUT2D eigenvalue weighted by molar-refractivity contribution is 0.278. The molecule has 0 radical (unpaired) electrons. The number of alkyl halides is 1. The van der Waals surface area contributed by atoms with Crippen molar-refractivity contribution in [3.8, 4) is 0 Å². The van der Waals surface area contributed by atoms with Crippen molar-refractivity contribution in [3.05, 3.63) is 23.6 Å². The van der Waals surface area contributed by atoms with Crippen LogP contribution in [0.25, 0.3) is 0 Å². The summed E-state index contributed by atoms with van der Waals surface area (Å²) in [5, 5.41) is 0. The molecular weight excluding hydrogens is 239 g/mol. The zero-order chi connectivity index (χ0) is 12.5. The molecule has 0 saturated carbocycles. The van der Waals surface area contributed by atoms with Gasteiger partial charge in [-0.25, -0.2) is 9.37 Å². The van der Waals surface area contributed by atoms with E-state index in [-0.39, 0.29) is 11.7 Å². The molecule has 17 heavy (non-hydrogen) atoms. The second kappa shape index (κ2) is 4.81. The van der Waals surface area contributed by atoms with Gasteiger partial charge in [0.15, 0.2) is 11.6 Å². The highest BCUT2D eigenvalue weighted by molar-refractivity contribution is 6.17. The Labute approximate surface area is 107 Å². The van der Waals surface area contributed by atoms with Gasteiger partial charge >= 0.3 is 0 Å². The molecule has 1 aromatic heterocycles. The molecule has 2 heterocycles. The molecule has 0 unspecified atom stereocenters. The van der Waals surface area contributed by atoms with Crippen LogP contribution < -0.4 is 4.90 Å². The van der Waals surface area contributed by atoms with Gasteiger partial charge in [-0.15, -0.1) is 11.6 Å². The first-order valence-corrected chi connectivity index (χ1v) is 6.51. The fourth-order valence-electron chi connectivity index (χ4n) is 2.12. The van der Waals surface area contributed by atoms with Crippen molar-refractivity contribution in [2.45, 2.75) is 32.6 Å². The first-order chi connectivity index (χ1) is 8.03. The van der Waals surface area contributed by atoms with Crippen molar-refractivity contribution >= 4 is 17.4 Å². The SMILES string of the molecule is CC1(C)CCN(c2nccc(CCl)c2F)CC1. The normalized spacial score (nSPS) is 19.4. The zero-order valence-electron chi connectivity index (χ0n) is 10.3. The predicted octanol–water partition coefficient (Wildman–Crippen LogP) is 3.59. The maximum Gasteiger partial charge on any atom is 0.170 e. The van der Waals surface area contributed by atoms with Crippen LogP contribution >= 0.6 is 11.6 Å². The van der Waals surface area contributed by atoms with Gasteiger partial charge < -0.3 is 4.90 Å². The Morgan fingerprint density at radius 1 is 1.41 bits per heavy atom. The lowest BCUT2D eigenvalue weighted by atomic mass is 9.83. The standard InChI is InChI=1S/C13H18ClFN2/c1-13(2)4-7-17(8-5-13)12-11(15)10(9-14)3-6-16-12/h3,6H,4-5,7-9H2,1-2H3. The summed E-state index contributed by atoms with van der Waals surface area (Å²) in [6.07, 6.45) is 3.77. The van der Waals surface area contributed by atoms with E-state index in [9.17, 15) is 4.39 Å². The number of piperidine rings is 1. The Balaban J connectivity index is 2.19. The summed E-state index contributed by atoms with van der Waals surface area (Å²) in [6.45, 7) is 6.23. The minimum absolute atomic E-state index is 0.195. The Bertz CT molecular complexity index is 396. The lowest BCUT2D eigenvalue weighted by Crippen LogP contribution is -2.38. The van der Waals surface area contributed by atoms with E-state index < -0.39 is 0 Å². The fourth-order valence-corrected chi connectivity index (χ4v) is 2.33. The molecule has 1 aromatic rings. The number of hydrogen-bond acceptors (Lipinski definition) is 2. The monoisotopic (exact) mass is 256 g/mol. The lowest BCUT2D eigenvalue weighted by Gasteiger charge is -2.37. The van der Waals surface area contributed by atoms with E-state index in [0.717, 1.165) is 25.9 Å². The van der Waals surface area contributed by atoms with E-state index in [0.29, 0.717) is 16.8 Å². The third kappa shape index (κ3) is 2.71. The van der Waals surface area contributed by atoms with Gasteiger partial charge in [-0.3, -0.25) is 0 Å². The molecule has 1 aliphatic heterocycles. The molecule has 94 valence electrons. The maximum atomic E-state index is 14.1. The summed E-state index contributed by atoms with van der Waals surface area (Å²) in [4.78, 5) is 6.18. The Hall–Kier alpha value is -0.830. The fraction of sp³-hybridized carbons (Fsp3) is 0.615. The van der Waals surface area contributed by atoms with Crippen LogP contribution in [0.3, 0.4) is 0 Å². The molecule has 2 rings (SSSR count). The van der Waals surface area contributed by atoms with Gasteiger partial charge in [-0.1, -0.05) is 13.8 Å². The highest BCUT2D eigenvalue weighted by Crippen LogP contribution is 2.32. The Morgan fingerprint density at radius 2 is 2.06 bits per heavy atom. The second-order valence-corrected chi connectivity index (χ2v) is 5.66. The minimum Gasteiger partial charge on any atom is -0.354 e. The maximum absolute atomic E-state index is 14.1. The van der Waals surface area contributed by atoms with Crippen LogP contribution in [0.15, 0.2) is 12.3 Å². The average molecular weight is 257 g/mol. The van der Waals surface area contributed by atoms with Crippen molar-refractivity contribution in [3.63, 3.8) is 0 Å². The third-order valence-corrected chi connectivity index (χ3v) is 3.80. The van der Waals surface area contributed by atoms with Crippen LogP contribution in [0.1, 0.15) is 32.3 Å². The van der Waals surface area contributed by atoms with Gasteiger partial charge in [-0.2, -0.15) is 0 Å². The van der Waals surface area contributed by atoms with Gasteiger partial charge in [0, 0.05) is 24.8 Å². The Kier molecular flexibility index (Phi) is 3.57. The largest absolute Gasteiger partial charge is 0.354 e. The molecule has 0 atom stereocenters. The van der Waals surface area contributed by atoms with Gasteiger partial charge in [-0.05, 0) is 24.3 Å². The number of nitrogens with zero attached hydrogens (tertiary/aromatic N) is 2. The van der Waals surface area contributed by atoms with Crippen LogP contribution in [-0.4, -0.2) is 18.1 Å². The van der Waals surface area contributed by atoms with E-state index in [2.05, 4.69) is 18.8 Å². The van der Waals surface area contributed by atoms with Crippen LogP contribution in [0, 0.1) is 11.2 Å². The molecule has 2 nitrogen and oxygen atoms in total. The molecule has 0 aliphatic carbocycles. The summed E-state index contributed by atoms with van der Waals surface area (Å²) >= 11 is 5.70. The predicted molar refractivity (Wildman–Crippen MR) is 69.0 cm³/mol. The van der Waals surface area contributed by atoms with Crippen LogP contribution in [0.2, 0.25) is 0 Å². The van der Waals surface area contributed by atoms with Crippen molar-refractivity contribution in [2.24, 2.45) is 5.41 Å². The summed E-state index contributed by atoms with van der Waals surface area (Å²) in [5.41, 5.74) is 0.887. The molecule has 1 saturated heterocycles.